The Labute approximate surface area is 78.9 Å². The number of likely N-dealkylation sites (N-methyl/N-ethyl adjacent to an activating group) is 1. The summed E-state index contributed by atoms with van der Waals surface area (Å²) in [6.45, 7) is 1.05. The van der Waals surface area contributed by atoms with E-state index in [9.17, 15) is 0 Å². The van der Waals surface area contributed by atoms with Crippen LogP contribution in [0.25, 0.3) is 0 Å². The zero-order chi connectivity index (χ0) is 9.26. The Kier molecular flexibility index (Phi) is 2.23. The minimum Gasteiger partial charge on any atom is -0.496 e. The summed E-state index contributed by atoms with van der Waals surface area (Å²) in [5, 5.41) is 3.21. The Morgan fingerprint density at radius 2 is 2.38 bits per heavy atom. The van der Waals surface area contributed by atoms with Gasteiger partial charge in [0.05, 0.1) is 7.11 Å². The fraction of sp³-hybridized carbons (Fsp3) is 0.455. The molecule has 1 aromatic carbocycles. The van der Waals surface area contributed by atoms with E-state index in [4.69, 9.17) is 4.74 Å². The summed E-state index contributed by atoms with van der Waals surface area (Å²) in [4.78, 5) is 0. The normalized spacial score (nSPS) is 19.1. The van der Waals surface area contributed by atoms with Gasteiger partial charge in [0.25, 0.3) is 0 Å². The minimum atomic E-state index is 0.649. The molecule has 2 rings (SSSR count). The van der Waals surface area contributed by atoms with Crippen LogP contribution in [0.4, 0.5) is 0 Å². The molecule has 1 aliphatic carbocycles. The van der Waals surface area contributed by atoms with E-state index in [1.54, 1.807) is 7.11 Å². The lowest BCUT2D eigenvalue weighted by Crippen LogP contribution is -2.27. The van der Waals surface area contributed by atoms with Crippen molar-refractivity contribution in [2.24, 2.45) is 0 Å². The Bertz CT molecular complexity index is 309. The highest BCUT2D eigenvalue weighted by Gasteiger charge is 2.28. The second-order valence-electron chi connectivity index (χ2n) is 3.49. The maximum atomic E-state index is 5.33. The number of nitrogens with one attached hydrogen (secondary N) is 1. The molecular formula is C11H15NO. The molecule has 0 aliphatic heterocycles. The van der Waals surface area contributed by atoms with Crippen LogP contribution in [0.5, 0.6) is 5.75 Å². The van der Waals surface area contributed by atoms with Crippen LogP contribution in [0, 0.1) is 0 Å². The van der Waals surface area contributed by atoms with Gasteiger partial charge in [-0.3, -0.25) is 0 Å². The molecule has 1 unspecified atom stereocenters. The maximum absolute atomic E-state index is 5.33. The van der Waals surface area contributed by atoms with Crippen molar-refractivity contribution < 1.29 is 4.74 Å². The number of fused-ring (bicyclic) bond motifs is 1. The van der Waals surface area contributed by atoms with Gasteiger partial charge in [0, 0.05) is 18.0 Å². The topological polar surface area (TPSA) is 21.3 Å². The predicted molar refractivity (Wildman–Crippen MR) is 53.4 cm³/mol. The van der Waals surface area contributed by atoms with Gasteiger partial charge in [0.1, 0.15) is 5.75 Å². The summed E-state index contributed by atoms with van der Waals surface area (Å²) in [6.07, 6.45) is 1.19. The van der Waals surface area contributed by atoms with E-state index in [0.29, 0.717) is 5.92 Å². The molecule has 2 heteroatoms. The van der Waals surface area contributed by atoms with Crippen LogP contribution in [0.1, 0.15) is 17.0 Å². The Balaban J connectivity index is 2.27. The number of benzene rings is 1. The number of hydrogen-bond acceptors (Lipinski definition) is 2. The Morgan fingerprint density at radius 1 is 1.54 bits per heavy atom. The van der Waals surface area contributed by atoms with Gasteiger partial charge in [-0.1, -0.05) is 12.1 Å². The van der Waals surface area contributed by atoms with Crippen molar-refractivity contribution in [2.75, 3.05) is 20.7 Å². The lowest BCUT2D eigenvalue weighted by atomic mass is 9.77. The van der Waals surface area contributed by atoms with Crippen LogP contribution < -0.4 is 10.1 Å². The highest BCUT2D eigenvalue weighted by Crippen LogP contribution is 2.40. The largest absolute Gasteiger partial charge is 0.496 e. The van der Waals surface area contributed by atoms with Crippen LogP contribution in [-0.4, -0.2) is 20.7 Å². The van der Waals surface area contributed by atoms with Gasteiger partial charge in [-0.15, -0.1) is 0 Å². The Hall–Kier alpha value is -1.02. The number of rotatable bonds is 3. The molecule has 1 aliphatic rings. The summed E-state index contributed by atoms with van der Waals surface area (Å²) in [5.74, 6) is 1.69. The zero-order valence-electron chi connectivity index (χ0n) is 8.13. The van der Waals surface area contributed by atoms with E-state index in [1.165, 1.54) is 17.5 Å². The molecule has 1 N–H and O–H groups in total. The molecule has 0 saturated heterocycles. The quantitative estimate of drug-likeness (QED) is 0.756. The zero-order valence-corrected chi connectivity index (χ0v) is 8.13. The third-order valence-electron chi connectivity index (χ3n) is 2.70. The highest BCUT2D eigenvalue weighted by atomic mass is 16.5. The fourth-order valence-corrected chi connectivity index (χ4v) is 2.07. The van der Waals surface area contributed by atoms with E-state index in [-0.39, 0.29) is 0 Å². The van der Waals surface area contributed by atoms with Gasteiger partial charge >= 0.3 is 0 Å². The lowest BCUT2D eigenvalue weighted by Gasteiger charge is -2.31. The fourth-order valence-electron chi connectivity index (χ4n) is 2.07. The molecular weight excluding hydrogens is 162 g/mol. The minimum absolute atomic E-state index is 0.649. The summed E-state index contributed by atoms with van der Waals surface area (Å²) in [6, 6.07) is 6.29. The van der Waals surface area contributed by atoms with Crippen LogP contribution in [0.3, 0.4) is 0 Å². The van der Waals surface area contributed by atoms with Crippen LogP contribution in [0.15, 0.2) is 18.2 Å². The molecule has 0 amide bonds. The standard InChI is InChI=1S/C11H15NO/c1-12-7-9-6-8-4-3-5-10(13-2)11(8)9/h3-5,9,12H,6-7H2,1-2H3. The summed E-state index contributed by atoms with van der Waals surface area (Å²) >= 11 is 0. The summed E-state index contributed by atoms with van der Waals surface area (Å²) in [5.41, 5.74) is 2.85. The molecule has 0 aromatic heterocycles. The summed E-state index contributed by atoms with van der Waals surface area (Å²) in [7, 11) is 3.73. The van der Waals surface area contributed by atoms with E-state index in [0.717, 1.165) is 12.3 Å². The first kappa shape index (κ1) is 8.57. The van der Waals surface area contributed by atoms with Crippen LogP contribution in [0.2, 0.25) is 0 Å². The second-order valence-corrected chi connectivity index (χ2v) is 3.49. The molecule has 0 saturated carbocycles. The molecule has 0 heterocycles. The van der Waals surface area contributed by atoms with E-state index >= 15 is 0 Å². The maximum Gasteiger partial charge on any atom is 0.122 e. The van der Waals surface area contributed by atoms with Gasteiger partial charge in [0.2, 0.25) is 0 Å². The Morgan fingerprint density at radius 3 is 3.08 bits per heavy atom. The molecule has 2 nitrogen and oxygen atoms in total. The van der Waals surface area contributed by atoms with Crippen molar-refractivity contribution >= 4 is 0 Å². The molecule has 1 aromatic rings. The first-order valence-corrected chi connectivity index (χ1v) is 4.67. The van der Waals surface area contributed by atoms with Gasteiger partial charge in [-0.05, 0) is 25.1 Å². The monoisotopic (exact) mass is 177 g/mol. The predicted octanol–water partition coefficient (Wildman–Crippen LogP) is 1.55. The third-order valence-corrected chi connectivity index (χ3v) is 2.70. The summed E-state index contributed by atoms with van der Waals surface area (Å²) < 4.78 is 5.33. The number of ether oxygens (including phenoxy) is 1. The number of methoxy groups -OCH3 is 1. The van der Waals surface area contributed by atoms with Crippen molar-refractivity contribution in [2.45, 2.75) is 12.3 Å². The SMILES string of the molecule is CNCC1Cc2cccc(OC)c21. The lowest BCUT2D eigenvalue weighted by molar-refractivity contribution is 0.395. The van der Waals surface area contributed by atoms with Crippen molar-refractivity contribution in [3.05, 3.63) is 29.3 Å². The van der Waals surface area contributed by atoms with E-state index in [1.807, 2.05) is 13.1 Å². The molecule has 0 radical (unpaired) electrons. The van der Waals surface area contributed by atoms with Crippen LogP contribution in [-0.2, 0) is 6.42 Å². The number of hydrogen-bond donors (Lipinski definition) is 1. The van der Waals surface area contributed by atoms with Gasteiger partial charge in [-0.25, -0.2) is 0 Å². The van der Waals surface area contributed by atoms with E-state index in [2.05, 4.69) is 17.4 Å². The average Bonchev–Trinajstić information content (AvgIpc) is 2.13. The van der Waals surface area contributed by atoms with Crippen molar-refractivity contribution in [1.82, 2.24) is 5.32 Å². The first-order chi connectivity index (χ1) is 6.36. The van der Waals surface area contributed by atoms with Gasteiger partial charge in [0.15, 0.2) is 0 Å². The van der Waals surface area contributed by atoms with Crippen LogP contribution >= 0.6 is 0 Å². The highest BCUT2D eigenvalue weighted by molar-refractivity contribution is 5.50. The molecule has 1 atom stereocenters. The second kappa shape index (κ2) is 3.38. The molecule has 0 spiro atoms. The van der Waals surface area contributed by atoms with Crippen molar-refractivity contribution in [3.8, 4) is 5.75 Å². The molecule has 70 valence electrons. The van der Waals surface area contributed by atoms with Crippen molar-refractivity contribution in [1.29, 1.82) is 0 Å². The smallest absolute Gasteiger partial charge is 0.122 e. The van der Waals surface area contributed by atoms with Gasteiger partial charge in [-0.2, -0.15) is 0 Å². The van der Waals surface area contributed by atoms with Gasteiger partial charge < -0.3 is 10.1 Å². The third kappa shape index (κ3) is 1.31. The molecule has 13 heavy (non-hydrogen) atoms. The van der Waals surface area contributed by atoms with Crippen molar-refractivity contribution in [3.63, 3.8) is 0 Å². The molecule has 0 bridgehead atoms. The molecule has 0 fully saturated rings. The first-order valence-electron chi connectivity index (χ1n) is 4.67. The average molecular weight is 177 g/mol. The van der Waals surface area contributed by atoms with E-state index < -0.39 is 0 Å².